The van der Waals surface area contributed by atoms with Crippen molar-refractivity contribution in [1.82, 2.24) is 4.98 Å². The second-order valence-corrected chi connectivity index (χ2v) is 5.34. The maximum absolute atomic E-state index is 10.8. The highest BCUT2D eigenvalue weighted by Gasteiger charge is 2.20. The van der Waals surface area contributed by atoms with Crippen molar-refractivity contribution in [3.05, 3.63) is 22.9 Å². The lowest BCUT2D eigenvalue weighted by atomic mass is 10.2. The van der Waals surface area contributed by atoms with Crippen molar-refractivity contribution in [2.24, 2.45) is 0 Å². The van der Waals surface area contributed by atoms with Crippen LogP contribution < -0.4 is 0 Å². The summed E-state index contributed by atoms with van der Waals surface area (Å²) < 4.78 is 0. The zero-order chi connectivity index (χ0) is 12.4. The lowest BCUT2D eigenvalue weighted by molar-refractivity contribution is -0.136. The molecule has 1 aliphatic carbocycles. The van der Waals surface area contributed by atoms with Crippen LogP contribution in [-0.2, 0) is 17.6 Å². The van der Waals surface area contributed by atoms with Gasteiger partial charge in [-0.1, -0.05) is 11.8 Å². The van der Waals surface area contributed by atoms with E-state index in [0.29, 0.717) is 10.6 Å². The van der Waals surface area contributed by atoms with E-state index in [1.165, 1.54) is 0 Å². The standard InChI is InChI=1S/C12H12N2O2S/c1-7(12(15)16)17-11-9(6-13)5-8-3-2-4-10(8)14-11/h5,7H,2-4H2,1H3,(H,15,16)/t7-/m0/s1. The third-order valence-corrected chi connectivity index (χ3v) is 3.86. The van der Waals surface area contributed by atoms with Crippen molar-refractivity contribution in [1.29, 1.82) is 5.26 Å². The quantitative estimate of drug-likeness (QED) is 0.828. The van der Waals surface area contributed by atoms with Gasteiger partial charge in [0.2, 0.25) is 0 Å². The molecule has 1 aromatic rings. The van der Waals surface area contributed by atoms with Crippen molar-refractivity contribution in [2.45, 2.75) is 36.5 Å². The molecule has 0 radical (unpaired) electrons. The van der Waals surface area contributed by atoms with E-state index < -0.39 is 11.2 Å². The Morgan fingerprint density at radius 3 is 3.06 bits per heavy atom. The predicted molar refractivity (Wildman–Crippen MR) is 63.9 cm³/mol. The highest BCUT2D eigenvalue weighted by atomic mass is 32.2. The molecular weight excluding hydrogens is 236 g/mol. The van der Waals surface area contributed by atoms with Gasteiger partial charge in [0.25, 0.3) is 0 Å². The first-order valence-electron chi connectivity index (χ1n) is 5.44. The summed E-state index contributed by atoms with van der Waals surface area (Å²) in [5.74, 6) is -0.888. The van der Waals surface area contributed by atoms with Gasteiger partial charge in [-0.3, -0.25) is 4.79 Å². The Bertz CT molecular complexity index is 508. The van der Waals surface area contributed by atoms with E-state index in [9.17, 15) is 4.79 Å². The van der Waals surface area contributed by atoms with Crippen molar-refractivity contribution in [3.63, 3.8) is 0 Å². The van der Waals surface area contributed by atoms with Gasteiger partial charge in [-0.05, 0) is 37.8 Å². The van der Waals surface area contributed by atoms with Crippen molar-refractivity contribution in [2.75, 3.05) is 0 Å². The largest absolute Gasteiger partial charge is 0.480 e. The summed E-state index contributed by atoms with van der Waals surface area (Å²) in [4.78, 5) is 15.2. The number of aliphatic carboxylic acids is 1. The third-order valence-electron chi connectivity index (χ3n) is 2.77. The van der Waals surface area contributed by atoms with Gasteiger partial charge in [-0.25, -0.2) is 4.98 Å². The van der Waals surface area contributed by atoms with Crippen LogP contribution in [0.2, 0.25) is 0 Å². The second-order valence-electron chi connectivity index (χ2n) is 4.01. The van der Waals surface area contributed by atoms with E-state index in [0.717, 1.165) is 42.3 Å². The van der Waals surface area contributed by atoms with Gasteiger partial charge in [0, 0.05) is 5.69 Å². The van der Waals surface area contributed by atoms with E-state index >= 15 is 0 Å². The maximum atomic E-state index is 10.8. The smallest absolute Gasteiger partial charge is 0.316 e. The molecule has 5 heteroatoms. The minimum atomic E-state index is -0.888. The molecule has 0 unspecified atom stereocenters. The monoisotopic (exact) mass is 248 g/mol. The summed E-state index contributed by atoms with van der Waals surface area (Å²) in [6.45, 7) is 1.60. The molecule has 0 aliphatic heterocycles. The van der Waals surface area contributed by atoms with E-state index in [2.05, 4.69) is 11.1 Å². The maximum Gasteiger partial charge on any atom is 0.316 e. The number of fused-ring (bicyclic) bond motifs is 1. The average Bonchev–Trinajstić information content (AvgIpc) is 2.74. The summed E-state index contributed by atoms with van der Waals surface area (Å²) >= 11 is 1.14. The van der Waals surface area contributed by atoms with Gasteiger partial charge >= 0.3 is 5.97 Å². The Morgan fingerprint density at radius 1 is 1.65 bits per heavy atom. The molecule has 0 saturated carbocycles. The fraction of sp³-hybridized carbons (Fsp3) is 0.417. The molecule has 0 bridgehead atoms. The SMILES string of the molecule is C[C@H](Sc1nc2c(cc1C#N)CCC2)C(=O)O. The highest BCUT2D eigenvalue weighted by Crippen LogP contribution is 2.29. The van der Waals surface area contributed by atoms with Crippen molar-refractivity contribution >= 4 is 17.7 Å². The number of carboxylic acid groups (broad SMARTS) is 1. The third kappa shape index (κ3) is 2.42. The van der Waals surface area contributed by atoms with Crippen LogP contribution in [0.4, 0.5) is 0 Å². The molecule has 1 N–H and O–H groups in total. The molecular formula is C12H12N2O2S. The number of carbonyl (C=O) groups is 1. The molecule has 0 amide bonds. The van der Waals surface area contributed by atoms with Crippen LogP contribution in [-0.4, -0.2) is 21.3 Å². The van der Waals surface area contributed by atoms with Crippen molar-refractivity contribution in [3.8, 4) is 6.07 Å². The number of carboxylic acids is 1. The molecule has 2 rings (SSSR count). The van der Waals surface area contributed by atoms with Crippen LogP contribution in [0.3, 0.4) is 0 Å². The molecule has 0 spiro atoms. The number of thioether (sulfide) groups is 1. The van der Waals surface area contributed by atoms with Gasteiger partial charge < -0.3 is 5.11 Å². The van der Waals surface area contributed by atoms with Crippen LogP contribution in [0, 0.1) is 11.3 Å². The molecule has 1 aromatic heterocycles. The van der Waals surface area contributed by atoms with Crippen LogP contribution in [0.25, 0.3) is 0 Å². The summed E-state index contributed by atoms with van der Waals surface area (Å²) in [7, 11) is 0. The molecule has 0 saturated heterocycles. The van der Waals surface area contributed by atoms with Crippen LogP contribution in [0.15, 0.2) is 11.1 Å². The number of pyridine rings is 1. The van der Waals surface area contributed by atoms with Gasteiger partial charge in [-0.15, -0.1) is 0 Å². The normalized spacial score (nSPS) is 15.1. The Hall–Kier alpha value is -1.54. The summed E-state index contributed by atoms with van der Waals surface area (Å²) in [6.07, 6.45) is 2.96. The van der Waals surface area contributed by atoms with E-state index in [1.807, 2.05) is 6.07 Å². The van der Waals surface area contributed by atoms with Gasteiger partial charge in [0.05, 0.1) is 5.56 Å². The minimum absolute atomic E-state index is 0.490. The second kappa shape index (κ2) is 4.76. The molecule has 1 aliphatic rings. The first-order chi connectivity index (χ1) is 8.11. The number of nitriles is 1. The predicted octanol–water partition coefficient (Wildman–Crippen LogP) is 2.01. The molecule has 4 nitrogen and oxygen atoms in total. The zero-order valence-corrected chi connectivity index (χ0v) is 10.3. The molecule has 0 aromatic carbocycles. The van der Waals surface area contributed by atoms with Gasteiger partial charge in [0.15, 0.2) is 0 Å². The number of rotatable bonds is 3. The first kappa shape index (κ1) is 11.9. The van der Waals surface area contributed by atoms with Crippen LogP contribution >= 0.6 is 11.8 Å². The Balaban J connectivity index is 2.33. The topological polar surface area (TPSA) is 74.0 Å². The molecule has 1 atom stereocenters. The van der Waals surface area contributed by atoms with Gasteiger partial charge in [-0.2, -0.15) is 5.26 Å². The number of hydrogen-bond donors (Lipinski definition) is 1. The fourth-order valence-electron chi connectivity index (χ4n) is 1.84. The van der Waals surface area contributed by atoms with E-state index in [-0.39, 0.29) is 0 Å². The molecule has 17 heavy (non-hydrogen) atoms. The first-order valence-corrected chi connectivity index (χ1v) is 6.32. The van der Waals surface area contributed by atoms with Crippen molar-refractivity contribution < 1.29 is 9.90 Å². The molecule has 0 fully saturated rings. The average molecular weight is 248 g/mol. The number of aryl methyl sites for hydroxylation is 2. The van der Waals surface area contributed by atoms with Crippen LogP contribution in [0.1, 0.15) is 30.2 Å². The Kier molecular flexibility index (Phi) is 3.34. The highest BCUT2D eigenvalue weighted by molar-refractivity contribution is 8.00. The number of hydrogen-bond acceptors (Lipinski definition) is 4. The van der Waals surface area contributed by atoms with E-state index in [1.54, 1.807) is 6.92 Å². The summed E-state index contributed by atoms with van der Waals surface area (Å²) in [6, 6.07) is 3.95. The number of aromatic nitrogens is 1. The molecule has 88 valence electrons. The Morgan fingerprint density at radius 2 is 2.41 bits per heavy atom. The summed E-state index contributed by atoms with van der Waals surface area (Å²) in [5.41, 5.74) is 2.64. The van der Waals surface area contributed by atoms with Gasteiger partial charge in [0.1, 0.15) is 16.3 Å². The minimum Gasteiger partial charge on any atom is -0.480 e. The van der Waals surface area contributed by atoms with Crippen LogP contribution in [0.5, 0.6) is 0 Å². The molecule has 1 heterocycles. The Labute approximate surface area is 104 Å². The summed E-state index contributed by atoms with van der Waals surface area (Å²) in [5, 5.41) is 17.9. The lowest BCUT2D eigenvalue weighted by Crippen LogP contribution is -2.12. The lowest BCUT2D eigenvalue weighted by Gasteiger charge is -2.09. The number of nitrogens with zero attached hydrogens (tertiary/aromatic N) is 2. The fourth-order valence-corrected chi connectivity index (χ4v) is 2.67. The van der Waals surface area contributed by atoms with E-state index in [4.69, 9.17) is 10.4 Å². The zero-order valence-electron chi connectivity index (χ0n) is 9.43.